The van der Waals surface area contributed by atoms with Crippen molar-refractivity contribution < 1.29 is 57.3 Å². The Kier molecular flexibility index (Phi) is 22.1. The van der Waals surface area contributed by atoms with Gasteiger partial charge in [0.2, 0.25) is 0 Å². The number of hydrogen-bond acceptors (Lipinski definition) is 12. The molecule has 8 atom stereocenters. The average molecular weight is 977 g/mol. The van der Waals surface area contributed by atoms with Crippen LogP contribution in [0.1, 0.15) is 117 Å². The van der Waals surface area contributed by atoms with Crippen LogP contribution in [0.5, 0.6) is 0 Å². The maximum atomic E-state index is 14.7. The number of aryl methyl sites for hydroxylation is 2. The van der Waals surface area contributed by atoms with Gasteiger partial charge in [-0.1, -0.05) is 115 Å². The zero-order valence-electron chi connectivity index (χ0n) is 44.5. The normalized spacial score (nSPS) is 24.9. The molecule has 0 N–H and O–H groups in total. The van der Waals surface area contributed by atoms with Gasteiger partial charge in [-0.15, -0.1) is 0 Å². The molecule has 0 aliphatic carbocycles. The predicted molar refractivity (Wildman–Crippen MR) is 265 cm³/mol. The van der Waals surface area contributed by atoms with Crippen molar-refractivity contribution in [2.75, 3.05) is 28.2 Å². The number of amides is 4. The van der Waals surface area contributed by atoms with E-state index in [1.165, 1.54) is 42.0 Å². The Morgan fingerprint density at radius 3 is 0.857 bits per heavy atom. The molecule has 0 bridgehead atoms. The number of rotatable bonds is 12. The largest absolute Gasteiger partial charge is 0.451 e. The zero-order chi connectivity index (χ0) is 52.9. The van der Waals surface area contributed by atoms with Crippen LogP contribution in [0.25, 0.3) is 0 Å². The molecule has 0 radical (unpaired) electrons. The van der Waals surface area contributed by atoms with Gasteiger partial charge in [0.1, 0.15) is 24.2 Å². The molecule has 0 aromatic heterocycles. The van der Waals surface area contributed by atoms with Crippen LogP contribution in [0.2, 0.25) is 0 Å². The Bertz CT molecular complexity index is 1960. The molecule has 1 aliphatic rings. The second-order valence-electron chi connectivity index (χ2n) is 20.8. The fourth-order valence-electron chi connectivity index (χ4n) is 8.36. The SMILES string of the molecule is Cc1ccc(CC2OC(=O)C(CC(C)C)N(C)C(=O)C(C)OC(=O)C(CC(C)C)N(C)C(=O)C(Cc3ccc(C)cc3)OC(=O)C(CC(C)C)N(C)C(=O)C(C)OC(=O)C(CC(C)C)N(C)C2=O)cc1. The Morgan fingerprint density at radius 2 is 0.614 bits per heavy atom. The first kappa shape index (κ1) is 58.5. The highest BCUT2D eigenvalue weighted by Gasteiger charge is 2.43. The van der Waals surface area contributed by atoms with Gasteiger partial charge in [0.15, 0.2) is 24.4 Å². The Labute approximate surface area is 416 Å². The number of nitrogens with zero attached hydrogens (tertiary/aromatic N) is 4. The number of hydrogen-bond donors (Lipinski definition) is 0. The van der Waals surface area contributed by atoms with Crippen LogP contribution in [0.4, 0.5) is 0 Å². The summed E-state index contributed by atoms with van der Waals surface area (Å²) in [5.74, 6) is -7.13. The van der Waals surface area contributed by atoms with Gasteiger partial charge in [-0.25, -0.2) is 19.2 Å². The summed E-state index contributed by atoms with van der Waals surface area (Å²) >= 11 is 0. The third kappa shape index (κ3) is 16.7. The van der Waals surface area contributed by atoms with Crippen molar-refractivity contribution in [3.63, 3.8) is 0 Å². The van der Waals surface area contributed by atoms with E-state index in [1.54, 1.807) is 24.3 Å². The molecular formula is C54H80N4O12. The minimum atomic E-state index is -1.48. The third-order valence-corrected chi connectivity index (χ3v) is 12.6. The lowest BCUT2D eigenvalue weighted by Gasteiger charge is -2.35. The zero-order valence-corrected chi connectivity index (χ0v) is 44.5. The Morgan fingerprint density at radius 1 is 0.386 bits per heavy atom. The molecular weight excluding hydrogens is 897 g/mol. The maximum absolute atomic E-state index is 14.7. The summed E-state index contributed by atoms with van der Waals surface area (Å²) in [6, 6.07) is 9.62. The summed E-state index contributed by atoms with van der Waals surface area (Å²) < 4.78 is 23.9. The first-order valence-corrected chi connectivity index (χ1v) is 24.6. The third-order valence-electron chi connectivity index (χ3n) is 12.6. The van der Waals surface area contributed by atoms with Gasteiger partial charge in [0.25, 0.3) is 23.6 Å². The van der Waals surface area contributed by atoms with E-state index in [0.717, 1.165) is 30.7 Å². The van der Waals surface area contributed by atoms with Gasteiger partial charge in [-0.05, 0) is 88.2 Å². The van der Waals surface area contributed by atoms with Gasteiger partial charge in [-0.2, -0.15) is 0 Å². The average Bonchev–Trinajstić information content (AvgIpc) is 3.29. The van der Waals surface area contributed by atoms with Crippen molar-refractivity contribution in [2.24, 2.45) is 23.7 Å². The van der Waals surface area contributed by atoms with E-state index in [2.05, 4.69) is 0 Å². The molecule has 4 amide bonds. The number of likely N-dealkylation sites (N-methyl/N-ethyl adjacent to an activating group) is 4. The molecule has 3 rings (SSSR count). The van der Waals surface area contributed by atoms with Crippen LogP contribution in [0.3, 0.4) is 0 Å². The van der Waals surface area contributed by atoms with Crippen molar-refractivity contribution in [3.8, 4) is 0 Å². The van der Waals surface area contributed by atoms with Gasteiger partial charge >= 0.3 is 23.9 Å². The molecule has 2 aromatic carbocycles. The first-order valence-electron chi connectivity index (χ1n) is 24.6. The van der Waals surface area contributed by atoms with Crippen LogP contribution < -0.4 is 0 Å². The first-order chi connectivity index (χ1) is 32.6. The second-order valence-corrected chi connectivity index (χ2v) is 20.8. The Balaban J connectivity index is 2.26. The quantitative estimate of drug-likeness (QED) is 0.172. The van der Waals surface area contributed by atoms with E-state index < -0.39 is 96.1 Å². The summed E-state index contributed by atoms with van der Waals surface area (Å²) in [6.45, 7) is 21.4. The van der Waals surface area contributed by atoms with Gasteiger partial charge in [-0.3, -0.25) is 19.2 Å². The monoisotopic (exact) mass is 977 g/mol. The molecule has 388 valence electrons. The number of cyclic esters (lactones) is 4. The van der Waals surface area contributed by atoms with E-state index in [9.17, 15) is 38.4 Å². The highest BCUT2D eigenvalue weighted by Crippen LogP contribution is 2.24. The lowest BCUT2D eigenvalue weighted by atomic mass is 9.99. The summed E-state index contributed by atoms with van der Waals surface area (Å²) in [5.41, 5.74) is 3.23. The molecule has 0 spiro atoms. The number of carbonyl (C=O) groups is 8. The van der Waals surface area contributed by atoms with Crippen molar-refractivity contribution in [3.05, 3.63) is 70.8 Å². The molecule has 1 heterocycles. The number of carbonyl (C=O) groups excluding carboxylic acids is 8. The van der Waals surface area contributed by atoms with E-state index in [1.807, 2.05) is 93.5 Å². The Hall–Kier alpha value is -5.80. The summed E-state index contributed by atoms with van der Waals surface area (Å²) in [7, 11) is 5.58. The number of benzene rings is 2. The highest BCUT2D eigenvalue weighted by molar-refractivity contribution is 5.94. The van der Waals surface area contributed by atoms with Crippen molar-refractivity contribution >= 4 is 47.5 Å². The standard InChI is InChI=1S/C54H80N4O12/c1-31(2)25-41-51(63)67-37(11)47(59)55(13)44(28-34(7)8)54(66)70-46(30-40-23-19-36(10)20-24-40)50(62)58(16)42(26-32(3)4)52(64)68-38(12)48(60)56(14)43(27-33(5)6)53(65)69-45(49(61)57(41)15)29-39-21-17-35(9)18-22-39/h17-24,31-34,37-38,41-46H,25-30H2,1-16H3. The summed E-state index contributed by atoms with van der Waals surface area (Å²) in [6.07, 6.45) is -5.58. The summed E-state index contributed by atoms with van der Waals surface area (Å²) in [5, 5.41) is 0. The van der Waals surface area contributed by atoms with Crippen LogP contribution in [0, 0.1) is 37.5 Å². The van der Waals surface area contributed by atoms with E-state index in [-0.39, 0.29) is 62.2 Å². The molecule has 1 fully saturated rings. The van der Waals surface area contributed by atoms with Crippen LogP contribution in [-0.4, -0.2) is 144 Å². The lowest BCUT2D eigenvalue weighted by Crippen LogP contribution is -2.55. The second kappa shape index (κ2) is 26.4. The molecule has 0 saturated carbocycles. The van der Waals surface area contributed by atoms with Crippen LogP contribution in [0.15, 0.2) is 48.5 Å². The van der Waals surface area contributed by atoms with E-state index in [0.29, 0.717) is 11.1 Å². The van der Waals surface area contributed by atoms with Crippen LogP contribution in [-0.2, 0) is 70.1 Å². The van der Waals surface area contributed by atoms with Crippen molar-refractivity contribution in [1.82, 2.24) is 19.6 Å². The topological polar surface area (TPSA) is 186 Å². The van der Waals surface area contributed by atoms with Crippen LogP contribution >= 0.6 is 0 Å². The molecule has 70 heavy (non-hydrogen) atoms. The maximum Gasteiger partial charge on any atom is 0.329 e. The van der Waals surface area contributed by atoms with E-state index in [4.69, 9.17) is 18.9 Å². The van der Waals surface area contributed by atoms with Crippen molar-refractivity contribution in [1.29, 1.82) is 0 Å². The fourth-order valence-corrected chi connectivity index (χ4v) is 8.36. The summed E-state index contributed by atoms with van der Waals surface area (Å²) in [4.78, 5) is 120. The number of esters is 4. The lowest BCUT2D eigenvalue weighted by molar-refractivity contribution is -0.176. The predicted octanol–water partition coefficient (Wildman–Crippen LogP) is 6.28. The highest BCUT2D eigenvalue weighted by atomic mass is 16.6. The minimum absolute atomic E-state index is 0.0823. The fraction of sp³-hybridized carbons (Fsp3) is 0.630. The molecule has 16 nitrogen and oxygen atoms in total. The van der Waals surface area contributed by atoms with Gasteiger partial charge in [0.05, 0.1) is 0 Å². The van der Waals surface area contributed by atoms with Crippen molar-refractivity contribution in [2.45, 2.75) is 170 Å². The molecule has 8 unspecified atom stereocenters. The van der Waals surface area contributed by atoms with Gasteiger partial charge < -0.3 is 38.5 Å². The molecule has 1 saturated heterocycles. The molecule has 16 heteroatoms. The molecule has 2 aromatic rings. The molecule has 1 aliphatic heterocycles. The minimum Gasteiger partial charge on any atom is -0.451 e. The van der Waals surface area contributed by atoms with E-state index >= 15 is 0 Å². The number of ether oxygens (including phenoxy) is 4. The van der Waals surface area contributed by atoms with Gasteiger partial charge in [0, 0.05) is 41.0 Å². The smallest absolute Gasteiger partial charge is 0.329 e.